The Kier molecular flexibility index (Phi) is 5.83. The summed E-state index contributed by atoms with van der Waals surface area (Å²) in [6, 6.07) is 8.41. The van der Waals surface area contributed by atoms with E-state index >= 15 is 0 Å². The largest absolute Gasteiger partial charge is 0.355 e. The fourth-order valence-electron chi connectivity index (χ4n) is 3.83. The maximum Gasteiger partial charge on any atom is 0.243 e. The summed E-state index contributed by atoms with van der Waals surface area (Å²) in [5.74, 6) is -0.111. The molecule has 0 radical (unpaired) electrons. The molecule has 8 heteroatoms. The molecule has 0 unspecified atom stereocenters. The monoisotopic (exact) mass is 404 g/mol. The number of aryl methyl sites for hydroxylation is 1. The Labute approximate surface area is 165 Å². The number of ketones is 2. The van der Waals surface area contributed by atoms with Crippen LogP contribution in [0, 0.1) is 13.8 Å². The number of carbonyl (C=O) groups is 2. The number of benzene rings is 1. The van der Waals surface area contributed by atoms with E-state index in [-0.39, 0.29) is 18.1 Å². The van der Waals surface area contributed by atoms with Gasteiger partial charge < -0.3 is 9.88 Å². The van der Waals surface area contributed by atoms with Gasteiger partial charge in [0.1, 0.15) is 6.54 Å². The van der Waals surface area contributed by atoms with Gasteiger partial charge in [-0.25, -0.2) is 8.42 Å². The van der Waals surface area contributed by atoms with E-state index in [0.717, 1.165) is 4.90 Å². The first kappa shape index (κ1) is 20.4. The van der Waals surface area contributed by atoms with Crippen molar-refractivity contribution in [3.63, 3.8) is 0 Å². The summed E-state index contributed by atoms with van der Waals surface area (Å²) in [4.78, 5) is 28.9. The molecule has 1 aromatic heterocycles. The normalized spacial score (nSPS) is 16.2. The molecule has 0 atom stereocenters. The predicted octanol–water partition coefficient (Wildman–Crippen LogP) is 0.606. The molecule has 0 amide bonds. The van der Waals surface area contributed by atoms with Crippen LogP contribution < -0.4 is 4.90 Å². The average Bonchev–Trinajstić information content (AvgIpc) is 2.97. The Hall–Kier alpha value is -2.29. The highest BCUT2D eigenvalue weighted by molar-refractivity contribution is 7.89. The second kappa shape index (κ2) is 7.98. The van der Waals surface area contributed by atoms with Crippen LogP contribution in [-0.2, 0) is 10.0 Å². The SMILES string of the molecule is CC(=O)c1c(C)[nH]c(C(=O)C[NH+]2CCN(S(=O)(=O)c3ccccc3)CC2)c1C. The number of H-pyrrole nitrogens is 1. The Balaban J connectivity index is 1.64. The molecule has 0 saturated carbocycles. The molecule has 2 aromatic rings. The number of hydrogen-bond donors (Lipinski definition) is 2. The number of quaternary nitrogens is 1. The van der Waals surface area contributed by atoms with Gasteiger partial charge in [-0.05, 0) is 38.5 Å². The Morgan fingerprint density at radius 3 is 2.25 bits per heavy atom. The number of aromatic amines is 1. The van der Waals surface area contributed by atoms with E-state index in [4.69, 9.17) is 0 Å². The second-order valence-corrected chi connectivity index (χ2v) is 9.19. The topological polar surface area (TPSA) is 91.8 Å². The third-order valence-corrected chi connectivity index (χ3v) is 7.20. The number of hydrogen-bond acceptors (Lipinski definition) is 4. The zero-order valence-corrected chi connectivity index (χ0v) is 17.2. The summed E-state index contributed by atoms with van der Waals surface area (Å²) in [7, 11) is -3.49. The summed E-state index contributed by atoms with van der Waals surface area (Å²) < 4.78 is 26.9. The fraction of sp³-hybridized carbons (Fsp3) is 0.400. The van der Waals surface area contributed by atoms with Crippen molar-refractivity contribution in [2.75, 3.05) is 32.7 Å². The van der Waals surface area contributed by atoms with E-state index in [1.807, 2.05) is 0 Å². The van der Waals surface area contributed by atoms with E-state index in [2.05, 4.69) is 4.98 Å². The van der Waals surface area contributed by atoms with Gasteiger partial charge in [-0.2, -0.15) is 4.31 Å². The minimum Gasteiger partial charge on any atom is -0.355 e. The third kappa shape index (κ3) is 3.94. The van der Waals surface area contributed by atoms with Crippen LogP contribution in [0.4, 0.5) is 0 Å². The van der Waals surface area contributed by atoms with Crippen LogP contribution in [0.25, 0.3) is 0 Å². The van der Waals surface area contributed by atoms with Crippen molar-refractivity contribution in [3.8, 4) is 0 Å². The lowest BCUT2D eigenvalue weighted by Gasteiger charge is -2.31. The van der Waals surface area contributed by atoms with Crippen molar-refractivity contribution in [1.29, 1.82) is 0 Å². The van der Waals surface area contributed by atoms with Crippen molar-refractivity contribution in [1.82, 2.24) is 9.29 Å². The van der Waals surface area contributed by atoms with Gasteiger partial charge in [0.2, 0.25) is 15.8 Å². The number of carbonyl (C=O) groups excluding carboxylic acids is 2. The quantitative estimate of drug-likeness (QED) is 0.690. The van der Waals surface area contributed by atoms with Gasteiger partial charge in [-0.3, -0.25) is 9.59 Å². The second-order valence-electron chi connectivity index (χ2n) is 7.25. The molecule has 28 heavy (non-hydrogen) atoms. The van der Waals surface area contributed by atoms with Crippen LogP contribution in [0.1, 0.15) is 39.0 Å². The number of rotatable bonds is 6. The van der Waals surface area contributed by atoms with E-state index < -0.39 is 10.0 Å². The predicted molar refractivity (Wildman–Crippen MR) is 105 cm³/mol. The molecule has 2 heterocycles. The molecule has 1 aliphatic rings. The minimum atomic E-state index is -3.49. The number of nitrogens with one attached hydrogen (secondary N) is 2. The molecule has 1 aliphatic heterocycles. The van der Waals surface area contributed by atoms with Crippen LogP contribution in [0.15, 0.2) is 35.2 Å². The van der Waals surface area contributed by atoms with Crippen LogP contribution in [-0.4, -0.2) is 62.0 Å². The summed E-state index contributed by atoms with van der Waals surface area (Å²) >= 11 is 0. The van der Waals surface area contributed by atoms with Gasteiger partial charge in [0, 0.05) is 11.3 Å². The lowest BCUT2D eigenvalue weighted by atomic mass is 10.1. The molecule has 150 valence electrons. The molecule has 0 aliphatic carbocycles. The zero-order valence-electron chi connectivity index (χ0n) is 16.4. The lowest BCUT2D eigenvalue weighted by Crippen LogP contribution is -3.15. The highest BCUT2D eigenvalue weighted by Crippen LogP contribution is 2.19. The molecular formula is C20H26N3O4S+. The molecule has 2 N–H and O–H groups in total. The van der Waals surface area contributed by atoms with Crippen LogP contribution in [0.2, 0.25) is 0 Å². The minimum absolute atomic E-state index is 0.0533. The van der Waals surface area contributed by atoms with E-state index in [9.17, 15) is 18.0 Å². The van der Waals surface area contributed by atoms with Crippen molar-refractivity contribution in [2.24, 2.45) is 0 Å². The summed E-state index contributed by atoms with van der Waals surface area (Å²) in [5, 5.41) is 0. The molecule has 1 saturated heterocycles. The standard InChI is InChI=1S/C20H25N3O4S/c1-14-19(16(3)24)15(2)21-20(14)18(25)13-22-9-11-23(12-10-22)28(26,27)17-7-5-4-6-8-17/h4-8,21H,9-13H2,1-3H3/p+1. The van der Waals surface area contributed by atoms with E-state index in [1.54, 1.807) is 44.2 Å². The first-order valence-electron chi connectivity index (χ1n) is 9.34. The Bertz CT molecular complexity index is 988. The van der Waals surface area contributed by atoms with Gasteiger partial charge >= 0.3 is 0 Å². The van der Waals surface area contributed by atoms with E-state index in [0.29, 0.717) is 53.6 Å². The van der Waals surface area contributed by atoms with Gasteiger partial charge in [-0.1, -0.05) is 18.2 Å². The van der Waals surface area contributed by atoms with Crippen molar-refractivity contribution < 1.29 is 22.9 Å². The van der Waals surface area contributed by atoms with Gasteiger partial charge in [0.15, 0.2) is 5.78 Å². The van der Waals surface area contributed by atoms with Crippen molar-refractivity contribution in [2.45, 2.75) is 25.7 Å². The zero-order chi connectivity index (χ0) is 20.5. The van der Waals surface area contributed by atoms with Gasteiger partial charge in [-0.15, -0.1) is 0 Å². The lowest BCUT2D eigenvalue weighted by molar-refractivity contribution is -0.895. The van der Waals surface area contributed by atoms with Crippen molar-refractivity contribution in [3.05, 3.63) is 52.8 Å². The summed E-state index contributed by atoms with van der Waals surface area (Å²) in [6.07, 6.45) is 0. The first-order valence-corrected chi connectivity index (χ1v) is 10.8. The average molecular weight is 405 g/mol. The van der Waals surface area contributed by atoms with Gasteiger partial charge in [0.25, 0.3) is 0 Å². The molecule has 0 bridgehead atoms. The molecular weight excluding hydrogens is 378 g/mol. The number of nitrogens with zero attached hydrogens (tertiary/aromatic N) is 1. The number of sulfonamides is 1. The molecule has 1 fully saturated rings. The van der Waals surface area contributed by atoms with Crippen LogP contribution in [0.3, 0.4) is 0 Å². The number of Topliss-reactive ketones (excluding diaryl/α,β-unsaturated/α-hetero) is 2. The molecule has 1 aromatic carbocycles. The highest BCUT2D eigenvalue weighted by Gasteiger charge is 2.32. The number of piperazine rings is 1. The maximum absolute atomic E-state index is 12.7. The molecule has 0 spiro atoms. The fourth-order valence-corrected chi connectivity index (χ4v) is 5.30. The van der Waals surface area contributed by atoms with Crippen LogP contribution >= 0.6 is 0 Å². The Morgan fingerprint density at radius 2 is 1.71 bits per heavy atom. The maximum atomic E-state index is 12.7. The number of aromatic nitrogens is 1. The summed E-state index contributed by atoms with van der Waals surface area (Å²) in [6.45, 7) is 7.23. The summed E-state index contributed by atoms with van der Waals surface area (Å²) in [5.41, 5.74) is 2.47. The van der Waals surface area contributed by atoms with E-state index in [1.165, 1.54) is 11.2 Å². The first-order chi connectivity index (χ1) is 13.2. The highest BCUT2D eigenvalue weighted by atomic mass is 32.2. The van der Waals surface area contributed by atoms with Crippen LogP contribution in [0.5, 0.6) is 0 Å². The van der Waals surface area contributed by atoms with Gasteiger partial charge in [0.05, 0.1) is 36.8 Å². The molecule has 7 nitrogen and oxygen atoms in total. The molecule has 3 rings (SSSR count). The Morgan fingerprint density at radius 1 is 1.11 bits per heavy atom. The smallest absolute Gasteiger partial charge is 0.243 e. The van der Waals surface area contributed by atoms with Crippen molar-refractivity contribution >= 4 is 21.6 Å². The third-order valence-electron chi connectivity index (χ3n) is 5.29.